The van der Waals surface area contributed by atoms with E-state index in [1.807, 2.05) is 26.0 Å². The number of aryl methyl sites for hydroxylation is 2. The molecule has 0 fully saturated rings. The van der Waals surface area contributed by atoms with E-state index >= 15 is 0 Å². The molecule has 0 aliphatic heterocycles. The molecule has 7 nitrogen and oxygen atoms in total. The van der Waals surface area contributed by atoms with E-state index in [0.717, 1.165) is 21.3 Å². The number of hydrogen-bond donors (Lipinski definition) is 0. The van der Waals surface area contributed by atoms with Crippen molar-refractivity contribution in [2.45, 2.75) is 38.6 Å². The van der Waals surface area contributed by atoms with Crippen LogP contribution >= 0.6 is 11.3 Å². The van der Waals surface area contributed by atoms with Crippen LogP contribution in [0.2, 0.25) is 0 Å². The number of methoxy groups -OCH3 is 1. The summed E-state index contributed by atoms with van der Waals surface area (Å²) in [6, 6.07) is 10.2. The van der Waals surface area contributed by atoms with E-state index in [1.54, 1.807) is 23.6 Å². The fraction of sp³-hybridized carbons (Fsp3) is 0.318. The first-order valence-corrected chi connectivity index (χ1v) is 12.2. The molecule has 3 aromatic rings. The fourth-order valence-corrected chi connectivity index (χ4v) is 5.07. The number of aromatic nitrogens is 1. The number of fused-ring (bicyclic) bond motifs is 1. The number of rotatable bonds is 6. The monoisotopic (exact) mass is 460 g/mol. The second kappa shape index (κ2) is 9.15. The largest absolute Gasteiger partial charge is 0.468 e. The summed E-state index contributed by atoms with van der Waals surface area (Å²) >= 11 is 1.34. The molecule has 1 heterocycles. The first kappa shape index (κ1) is 22.9. The van der Waals surface area contributed by atoms with Gasteiger partial charge in [0.15, 0.2) is 14.6 Å². The number of hydrogen-bond acceptors (Lipinski definition) is 6. The maximum atomic E-state index is 12.6. The maximum Gasteiger partial charge on any atom is 0.325 e. The molecule has 0 aliphatic rings. The Morgan fingerprint density at radius 3 is 2.35 bits per heavy atom. The van der Waals surface area contributed by atoms with Crippen LogP contribution in [0.15, 0.2) is 46.3 Å². The van der Waals surface area contributed by atoms with E-state index < -0.39 is 15.8 Å². The zero-order chi connectivity index (χ0) is 22.8. The summed E-state index contributed by atoms with van der Waals surface area (Å²) in [5.74, 6) is -0.796. The summed E-state index contributed by atoms with van der Waals surface area (Å²) in [6.07, 6.45) is 0.0248. The van der Waals surface area contributed by atoms with Gasteiger partial charge in [0.1, 0.15) is 6.54 Å². The van der Waals surface area contributed by atoms with Gasteiger partial charge in [0, 0.05) is 0 Å². The van der Waals surface area contributed by atoms with Crippen LogP contribution in [0.25, 0.3) is 10.2 Å². The molecular formula is C22H24N2O5S2. The zero-order valence-electron chi connectivity index (χ0n) is 17.8. The lowest BCUT2D eigenvalue weighted by Gasteiger charge is -2.06. The number of amides is 1. The van der Waals surface area contributed by atoms with Gasteiger partial charge in [-0.05, 0) is 54.8 Å². The van der Waals surface area contributed by atoms with Gasteiger partial charge < -0.3 is 9.30 Å². The van der Waals surface area contributed by atoms with Gasteiger partial charge in [0.2, 0.25) is 0 Å². The van der Waals surface area contributed by atoms with Crippen molar-refractivity contribution in [2.75, 3.05) is 12.9 Å². The molecule has 0 spiro atoms. The predicted octanol–water partition coefficient (Wildman–Crippen LogP) is 2.96. The summed E-state index contributed by atoms with van der Waals surface area (Å²) in [5.41, 5.74) is 3.66. The van der Waals surface area contributed by atoms with E-state index in [0.29, 0.717) is 10.4 Å². The Morgan fingerprint density at radius 2 is 1.74 bits per heavy atom. The lowest BCUT2D eigenvalue weighted by molar-refractivity contribution is -0.141. The number of thiazole rings is 1. The summed E-state index contributed by atoms with van der Waals surface area (Å²) in [5, 5.41) is 0. The zero-order valence-corrected chi connectivity index (χ0v) is 19.5. The molecule has 0 saturated carbocycles. The lowest BCUT2D eigenvalue weighted by atomic mass is 10.1. The third kappa shape index (κ3) is 5.11. The minimum atomic E-state index is -3.29. The van der Waals surface area contributed by atoms with Crippen LogP contribution in [0.4, 0.5) is 0 Å². The van der Waals surface area contributed by atoms with E-state index in [9.17, 15) is 18.0 Å². The molecule has 9 heteroatoms. The lowest BCUT2D eigenvalue weighted by Crippen LogP contribution is -2.22. The predicted molar refractivity (Wildman–Crippen MR) is 120 cm³/mol. The summed E-state index contributed by atoms with van der Waals surface area (Å²) in [4.78, 5) is 29.4. The van der Waals surface area contributed by atoms with Crippen molar-refractivity contribution < 1.29 is 22.7 Å². The number of carbonyl (C=O) groups excluding carboxylic acids is 2. The van der Waals surface area contributed by atoms with Crippen LogP contribution in [-0.2, 0) is 37.1 Å². The summed E-state index contributed by atoms with van der Waals surface area (Å²) in [7, 11) is -1.97. The van der Waals surface area contributed by atoms with Crippen molar-refractivity contribution in [3.05, 3.63) is 57.9 Å². The smallest absolute Gasteiger partial charge is 0.325 e. The third-order valence-electron chi connectivity index (χ3n) is 5.05. The molecule has 0 saturated heterocycles. The number of esters is 1. The maximum absolute atomic E-state index is 12.6. The Labute approximate surface area is 184 Å². The number of benzene rings is 2. The number of sulfone groups is 1. The fourth-order valence-electron chi connectivity index (χ4n) is 3.06. The molecule has 0 N–H and O–H groups in total. The molecule has 0 bridgehead atoms. The average molecular weight is 461 g/mol. The molecule has 0 aliphatic carbocycles. The van der Waals surface area contributed by atoms with Gasteiger partial charge in [-0.3, -0.25) is 9.59 Å². The van der Waals surface area contributed by atoms with E-state index in [2.05, 4.69) is 4.99 Å². The van der Waals surface area contributed by atoms with Gasteiger partial charge in [-0.25, -0.2) is 8.42 Å². The van der Waals surface area contributed by atoms with Crippen LogP contribution in [0.5, 0.6) is 0 Å². The van der Waals surface area contributed by atoms with Crippen LogP contribution in [0.1, 0.15) is 23.6 Å². The van der Waals surface area contributed by atoms with Crippen LogP contribution in [-0.4, -0.2) is 37.7 Å². The molecule has 0 radical (unpaired) electrons. The van der Waals surface area contributed by atoms with Crippen molar-refractivity contribution in [1.29, 1.82) is 0 Å². The highest BCUT2D eigenvalue weighted by molar-refractivity contribution is 7.91. The second-order valence-electron chi connectivity index (χ2n) is 7.18. The Kier molecular flexibility index (Phi) is 6.76. The minimum absolute atomic E-state index is 0.0195. The van der Waals surface area contributed by atoms with Gasteiger partial charge in [-0.2, -0.15) is 4.99 Å². The van der Waals surface area contributed by atoms with Crippen LogP contribution in [0.3, 0.4) is 0 Å². The van der Waals surface area contributed by atoms with Crippen molar-refractivity contribution in [3.8, 4) is 0 Å². The van der Waals surface area contributed by atoms with Crippen molar-refractivity contribution in [2.24, 2.45) is 4.99 Å². The van der Waals surface area contributed by atoms with Crippen molar-refractivity contribution >= 4 is 43.3 Å². The molecule has 2 aromatic carbocycles. The van der Waals surface area contributed by atoms with Crippen LogP contribution < -0.4 is 4.80 Å². The Balaban J connectivity index is 1.96. The number of ether oxygens (including phenoxy) is 1. The standard InChI is InChI=1S/C22H24N2O5S2/c1-5-31(27,28)17-8-6-16(7-9-17)12-20(25)23-22-24(13-21(26)29-4)18-10-14(2)15(3)11-19(18)30-22/h6-11H,5,12-13H2,1-4H3. The van der Waals surface area contributed by atoms with Gasteiger partial charge in [0.25, 0.3) is 5.91 Å². The second-order valence-corrected chi connectivity index (χ2v) is 10.5. The summed E-state index contributed by atoms with van der Waals surface area (Å²) in [6.45, 7) is 5.53. The van der Waals surface area contributed by atoms with Crippen LogP contribution in [0, 0.1) is 13.8 Å². The Hall–Kier alpha value is -2.78. The third-order valence-corrected chi connectivity index (χ3v) is 7.84. The van der Waals surface area contributed by atoms with Gasteiger partial charge in [-0.1, -0.05) is 30.4 Å². The normalized spacial score (nSPS) is 12.3. The van der Waals surface area contributed by atoms with E-state index in [-0.39, 0.29) is 29.5 Å². The highest BCUT2D eigenvalue weighted by Crippen LogP contribution is 2.22. The Bertz CT molecular complexity index is 1320. The molecular weight excluding hydrogens is 436 g/mol. The van der Waals surface area contributed by atoms with E-state index in [1.165, 1.54) is 30.6 Å². The van der Waals surface area contributed by atoms with Crippen molar-refractivity contribution in [1.82, 2.24) is 4.57 Å². The summed E-state index contributed by atoms with van der Waals surface area (Å²) < 4.78 is 31.3. The molecule has 3 rings (SSSR count). The topological polar surface area (TPSA) is 94.8 Å². The molecule has 31 heavy (non-hydrogen) atoms. The highest BCUT2D eigenvalue weighted by Gasteiger charge is 2.14. The van der Waals surface area contributed by atoms with Gasteiger partial charge >= 0.3 is 5.97 Å². The molecule has 0 atom stereocenters. The first-order chi connectivity index (χ1) is 14.6. The average Bonchev–Trinajstić information content (AvgIpc) is 3.04. The van der Waals surface area contributed by atoms with Gasteiger partial charge in [0.05, 0.1) is 34.4 Å². The Morgan fingerprint density at radius 1 is 1.10 bits per heavy atom. The van der Waals surface area contributed by atoms with Crippen molar-refractivity contribution in [3.63, 3.8) is 0 Å². The van der Waals surface area contributed by atoms with Gasteiger partial charge in [-0.15, -0.1) is 0 Å². The number of carbonyl (C=O) groups is 2. The van der Waals surface area contributed by atoms with E-state index in [4.69, 9.17) is 4.74 Å². The molecule has 1 amide bonds. The highest BCUT2D eigenvalue weighted by atomic mass is 32.2. The first-order valence-electron chi connectivity index (χ1n) is 9.71. The SMILES string of the molecule is CCS(=O)(=O)c1ccc(CC(=O)N=c2sc3cc(C)c(C)cc3n2CC(=O)OC)cc1. The molecule has 164 valence electrons. The quantitative estimate of drug-likeness (QED) is 0.527. The minimum Gasteiger partial charge on any atom is -0.468 e. The number of nitrogens with zero attached hydrogens (tertiary/aromatic N) is 2. The molecule has 1 aromatic heterocycles. The molecule has 0 unspecified atom stereocenters.